The lowest BCUT2D eigenvalue weighted by Crippen LogP contribution is -2.25. The zero-order valence-corrected chi connectivity index (χ0v) is 11.6. The van der Waals surface area contributed by atoms with Crippen molar-refractivity contribution in [3.8, 4) is 0 Å². The highest BCUT2D eigenvalue weighted by Crippen LogP contribution is 2.05. The molecule has 2 heterocycles. The van der Waals surface area contributed by atoms with Gasteiger partial charge in [-0.1, -0.05) is 0 Å². The molecule has 2 rings (SSSR count). The number of anilines is 1. The van der Waals surface area contributed by atoms with Crippen LogP contribution in [0.15, 0.2) is 27.9 Å². The molecule has 6 nitrogen and oxygen atoms in total. The molecule has 0 spiro atoms. The summed E-state index contributed by atoms with van der Waals surface area (Å²) in [6.07, 6.45) is 4.77. The summed E-state index contributed by atoms with van der Waals surface area (Å²) in [5.74, 6) is 1.33. The van der Waals surface area contributed by atoms with Crippen molar-refractivity contribution in [2.45, 2.75) is 13.5 Å². The normalized spacial score (nSPS) is 10.4. The third-order valence-corrected chi connectivity index (χ3v) is 3.03. The van der Waals surface area contributed by atoms with Crippen LogP contribution >= 0.6 is 15.9 Å². The summed E-state index contributed by atoms with van der Waals surface area (Å²) < 4.78 is 1.99. The number of rotatable bonds is 3. The van der Waals surface area contributed by atoms with Gasteiger partial charge in [0.2, 0.25) is 0 Å². The van der Waals surface area contributed by atoms with E-state index in [1.54, 1.807) is 30.9 Å². The van der Waals surface area contributed by atoms with Crippen molar-refractivity contribution < 1.29 is 0 Å². The Bertz CT molecular complexity index is 608. The van der Waals surface area contributed by atoms with Crippen LogP contribution in [0.4, 0.5) is 5.82 Å². The molecule has 0 aliphatic rings. The lowest BCUT2D eigenvalue weighted by molar-refractivity contribution is 0.679. The zero-order chi connectivity index (χ0) is 13.1. The van der Waals surface area contributed by atoms with Crippen molar-refractivity contribution in [2.24, 2.45) is 0 Å². The Morgan fingerprint density at radius 3 is 2.67 bits per heavy atom. The number of nitrogens with one attached hydrogen (secondary N) is 1. The van der Waals surface area contributed by atoms with Crippen molar-refractivity contribution in [1.82, 2.24) is 19.5 Å². The van der Waals surface area contributed by atoms with Gasteiger partial charge in [0.25, 0.3) is 5.56 Å². The summed E-state index contributed by atoms with van der Waals surface area (Å²) >= 11 is 3.17. The zero-order valence-electron chi connectivity index (χ0n) is 10.0. The molecular formula is C11H12BrN5O. The molecule has 0 radical (unpaired) electrons. The van der Waals surface area contributed by atoms with E-state index in [4.69, 9.17) is 0 Å². The summed E-state index contributed by atoms with van der Waals surface area (Å²) in [5, 5.41) is 2.89. The van der Waals surface area contributed by atoms with Crippen LogP contribution in [0.5, 0.6) is 0 Å². The largest absolute Gasteiger partial charge is 0.372 e. The topological polar surface area (TPSA) is 72.7 Å². The molecule has 0 saturated heterocycles. The van der Waals surface area contributed by atoms with Crippen molar-refractivity contribution in [3.05, 3.63) is 44.9 Å². The maximum absolute atomic E-state index is 11.9. The third kappa shape index (κ3) is 2.56. The molecule has 0 atom stereocenters. The van der Waals surface area contributed by atoms with Crippen LogP contribution in [0.3, 0.4) is 0 Å². The number of hydrogen-bond donors (Lipinski definition) is 1. The predicted octanol–water partition coefficient (Wildman–Crippen LogP) is 1.19. The van der Waals surface area contributed by atoms with Crippen LogP contribution in [-0.2, 0) is 6.54 Å². The van der Waals surface area contributed by atoms with E-state index >= 15 is 0 Å². The van der Waals surface area contributed by atoms with Crippen LogP contribution in [0, 0.1) is 6.92 Å². The van der Waals surface area contributed by atoms with Gasteiger partial charge in [0.05, 0.1) is 24.6 Å². The van der Waals surface area contributed by atoms with E-state index in [2.05, 4.69) is 36.2 Å². The molecule has 2 aromatic heterocycles. The lowest BCUT2D eigenvalue weighted by Gasteiger charge is -2.08. The SMILES string of the molecule is CNc1cnc(Cn2c(C)ncc(Br)c2=O)cn1. The van der Waals surface area contributed by atoms with Gasteiger partial charge in [-0.25, -0.2) is 9.97 Å². The maximum Gasteiger partial charge on any atom is 0.268 e. The molecule has 0 amide bonds. The fourth-order valence-corrected chi connectivity index (χ4v) is 1.78. The standard InChI is InChI=1S/C11H12BrN5O/c1-7-14-4-9(12)11(18)17(7)6-8-3-16-10(13-2)5-15-8/h3-5H,6H2,1-2H3,(H,13,16). The van der Waals surface area contributed by atoms with Gasteiger partial charge in [0, 0.05) is 13.2 Å². The Morgan fingerprint density at radius 1 is 1.28 bits per heavy atom. The van der Waals surface area contributed by atoms with Gasteiger partial charge < -0.3 is 5.32 Å². The van der Waals surface area contributed by atoms with E-state index in [1.807, 2.05) is 0 Å². The highest BCUT2D eigenvalue weighted by atomic mass is 79.9. The minimum Gasteiger partial charge on any atom is -0.372 e. The van der Waals surface area contributed by atoms with Gasteiger partial charge in [0.1, 0.15) is 16.1 Å². The average molecular weight is 310 g/mol. The van der Waals surface area contributed by atoms with Crippen molar-refractivity contribution in [2.75, 3.05) is 12.4 Å². The Balaban J connectivity index is 2.33. The first-order chi connectivity index (χ1) is 8.61. The molecular weight excluding hydrogens is 298 g/mol. The minimum absolute atomic E-state index is 0.123. The number of aryl methyl sites for hydroxylation is 1. The monoisotopic (exact) mass is 309 g/mol. The second-order valence-corrected chi connectivity index (χ2v) is 4.54. The summed E-state index contributed by atoms with van der Waals surface area (Å²) in [5.41, 5.74) is 0.584. The van der Waals surface area contributed by atoms with Crippen LogP contribution in [0.1, 0.15) is 11.5 Å². The van der Waals surface area contributed by atoms with Gasteiger partial charge >= 0.3 is 0 Å². The number of aromatic nitrogens is 4. The summed E-state index contributed by atoms with van der Waals surface area (Å²) in [4.78, 5) is 24.4. The van der Waals surface area contributed by atoms with Crippen LogP contribution in [0.2, 0.25) is 0 Å². The molecule has 0 bridgehead atoms. The highest BCUT2D eigenvalue weighted by Gasteiger charge is 2.07. The van der Waals surface area contributed by atoms with Crippen LogP contribution in [-0.4, -0.2) is 26.6 Å². The molecule has 18 heavy (non-hydrogen) atoms. The first kappa shape index (κ1) is 12.7. The van der Waals surface area contributed by atoms with Gasteiger partial charge in [-0.15, -0.1) is 0 Å². The first-order valence-electron chi connectivity index (χ1n) is 5.32. The van der Waals surface area contributed by atoms with Gasteiger partial charge in [-0.2, -0.15) is 0 Å². The third-order valence-electron chi connectivity index (χ3n) is 2.49. The molecule has 0 fully saturated rings. The second kappa shape index (κ2) is 5.26. The van der Waals surface area contributed by atoms with E-state index in [1.165, 1.54) is 6.20 Å². The van der Waals surface area contributed by atoms with Crippen molar-refractivity contribution in [3.63, 3.8) is 0 Å². The number of nitrogens with zero attached hydrogens (tertiary/aromatic N) is 4. The van der Waals surface area contributed by atoms with E-state index in [0.29, 0.717) is 28.4 Å². The Kier molecular flexibility index (Phi) is 3.71. The molecule has 7 heteroatoms. The average Bonchev–Trinajstić information content (AvgIpc) is 2.40. The quantitative estimate of drug-likeness (QED) is 0.922. The molecule has 0 saturated carbocycles. The van der Waals surface area contributed by atoms with E-state index in [0.717, 1.165) is 0 Å². The second-order valence-electron chi connectivity index (χ2n) is 3.69. The van der Waals surface area contributed by atoms with Crippen molar-refractivity contribution >= 4 is 21.7 Å². The Hall–Kier alpha value is -1.76. The highest BCUT2D eigenvalue weighted by molar-refractivity contribution is 9.10. The Labute approximate surface area is 112 Å². The van der Waals surface area contributed by atoms with Crippen molar-refractivity contribution in [1.29, 1.82) is 0 Å². The summed E-state index contributed by atoms with van der Waals surface area (Å²) in [7, 11) is 1.77. The molecule has 0 aromatic carbocycles. The smallest absolute Gasteiger partial charge is 0.268 e. The lowest BCUT2D eigenvalue weighted by atomic mass is 10.4. The maximum atomic E-state index is 11.9. The molecule has 2 aromatic rings. The van der Waals surface area contributed by atoms with E-state index in [-0.39, 0.29) is 5.56 Å². The van der Waals surface area contributed by atoms with E-state index in [9.17, 15) is 4.79 Å². The molecule has 0 aliphatic carbocycles. The van der Waals surface area contributed by atoms with Crippen LogP contribution in [0.25, 0.3) is 0 Å². The van der Waals surface area contributed by atoms with E-state index < -0.39 is 0 Å². The molecule has 0 aliphatic heterocycles. The molecule has 1 N–H and O–H groups in total. The van der Waals surface area contributed by atoms with Gasteiger partial charge in [-0.3, -0.25) is 14.3 Å². The number of halogens is 1. The predicted molar refractivity (Wildman–Crippen MR) is 71.6 cm³/mol. The summed E-state index contributed by atoms with van der Waals surface area (Å²) in [6.45, 7) is 2.14. The Morgan fingerprint density at radius 2 is 2.06 bits per heavy atom. The number of hydrogen-bond acceptors (Lipinski definition) is 5. The first-order valence-corrected chi connectivity index (χ1v) is 6.11. The van der Waals surface area contributed by atoms with Gasteiger partial charge in [0.15, 0.2) is 0 Å². The van der Waals surface area contributed by atoms with Crippen LogP contribution < -0.4 is 10.9 Å². The molecule has 0 unspecified atom stereocenters. The molecule has 94 valence electrons. The summed E-state index contributed by atoms with van der Waals surface area (Å²) in [6, 6.07) is 0. The fourth-order valence-electron chi connectivity index (χ4n) is 1.46. The minimum atomic E-state index is -0.123. The van der Waals surface area contributed by atoms with Gasteiger partial charge in [-0.05, 0) is 22.9 Å². The fraction of sp³-hybridized carbons (Fsp3) is 0.273.